The van der Waals surface area contributed by atoms with Crippen LogP contribution >= 0.6 is 0 Å². The standard InChI is InChI=1S/C11H15N3O/c12-10-7(9-5-2-6-14-9)3-1-4-8(10)11(13)15/h1,3-4,9,14H,2,5-6,12H2,(H2,13,15). The molecule has 15 heavy (non-hydrogen) atoms. The summed E-state index contributed by atoms with van der Waals surface area (Å²) in [6.07, 6.45) is 2.21. The van der Waals surface area contributed by atoms with Crippen LogP contribution in [-0.4, -0.2) is 12.5 Å². The molecule has 1 aromatic carbocycles. The number of para-hydroxylation sites is 1. The lowest BCUT2D eigenvalue weighted by atomic mass is 9.99. The molecule has 1 aromatic rings. The number of carbonyl (C=O) groups excluding carboxylic acids is 1. The first-order valence-electron chi connectivity index (χ1n) is 5.11. The van der Waals surface area contributed by atoms with E-state index >= 15 is 0 Å². The van der Waals surface area contributed by atoms with E-state index in [0.717, 1.165) is 24.9 Å². The van der Waals surface area contributed by atoms with E-state index in [2.05, 4.69) is 5.32 Å². The van der Waals surface area contributed by atoms with Gasteiger partial charge in [-0.25, -0.2) is 0 Å². The second kappa shape index (κ2) is 3.90. The van der Waals surface area contributed by atoms with E-state index in [-0.39, 0.29) is 6.04 Å². The van der Waals surface area contributed by atoms with Crippen molar-refractivity contribution >= 4 is 11.6 Å². The Kier molecular flexibility index (Phi) is 2.60. The van der Waals surface area contributed by atoms with Gasteiger partial charge in [-0.3, -0.25) is 4.79 Å². The van der Waals surface area contributed by atoms with Crippen LogP contribution in [0.3, 0.4) is 0 Å². The Labute approximate surface area is 88.6 Å². The molecule has 1 aliphatic rings. The monoisotopic (exact) mass is 205 g/mol. The number of hydrogen-bond acceptors (Lipinski definition) is 3. The molecule has 0 aliphatic carbocycles. The normalized spacial score (nSPS) is 20.4. The lowest BCUT2D eigenvalue weighted by Gasteiger charge is -2.15. The maximum absolute atomic E-state index is 11.1. The van der Waals surface area contributed by atoms with E-state index in [1.807, 2.05) is 12.1 Å². The van der Waals surface area contributed by atoms with Gasteiger partial charge >= 0.3 is 0 Å². The molecule has 0 bridgehead atoms. The summed E-state index contributed by atoms with van der Waals surface area (Å²) in [4.78, 5) is 11.1. The smallest absolute Gasteiger partial charge is 0.250 e. The fraction of sp³-hybridized carbons (Fsp3) is 0.364. The Bertz CT molecular complexity index is 383. The van der Waals surface area contributed by atoms with Gasteiger partial charge < -0.3 is 16.8 Å². The van der Waals surface area contributed by atoms with Crippen LogP contribution in [0.15, 0.2) is 18.2 Å². The maximum atomic E-state index is 11.1. The molecule has 0 radical (unpaired) electrons. The molecule has 1 unspecified atom stereocenters. The molecule has 1 heterocycles. The van der Waals surface area contributed by atoms with E-state index in [1.54, 1.807) is 6.07 Å². The Morgan fingerprint density at radius 3 is 2.87 bits per heavy atom. The third-order valence-corrected chi connectivity index (χ3v) is 2.84. The van der Waals surface area contributed by atoms with Gasteiger partial charge in [-0.1, -0.05) is 12.1 Å². The summed E-state index contributed by atoms with van der Waals surface area (Å²) >= 11 is 0. The minimum absolute atomic E-state index is 0.268. The van der Waals surface area contributed by atoms with Crippen molar-refractivity contribution in [3.63, 3.8) is 0 Å². The van der Waals surface area contributed by atoms with E-state index in [0.29, 0.717) is 11.3 Å². The largest absolute Gasteiger partial charge is 0.398 e. The second-order valence-electron chi connectivity index (χ2n) is 3.82. The van der Waals surface area contributed by atoms with Gasteiger partial charge in [0.1, 0.15) is 0 Å². The summed E-state index contributed by atoms with van der Waals surface area (Å²) in [5, 5.41) is 3.35. The molecule has 1 atom stereocenters. The topological polar surface area (TPSA) is 81.1 Å². The first-order chi connectivity index (χ1) is 7.20. The summed E-state index contributed by atoms with van der Waals surface area (Å²) in [5.74, 6) is -0.465. The lowest BCUT2D eigenvalue weighted by Crippen LogP contribution is -2.18. The summed E-state index contributed by atoms with van der Waals surface area (Å²) in [7, 11) is 0. The highest BCUT2D eigenvalue weighted by atomic mass is 16.1. The van der Waals surface area contributed by atoms with Crippen LogP contribution in [0.2, 0.25) is 0 Å². The van der Waals surface area contributed by atoms with Gasteiger partial charge in [0.2, 0.25) is 0 Å². The number of nitrogen functional groups attached to an aromatic ring is 1. The Balaban J connectivity index is 2.39. The zero-order valence-corrected chi connectivity index (χ0v) is 8.49. The van der Waals surface area contributed by atoms with Gasteiger partial charge in [0.25, 0.3) is 5.91 Å². The lowest BCUT2D eigenvalue weighted by molar-refractivity contribution is 0.100. The molecule has 4 heteroatoms. The molecule has 1 saturated heterocycles. The van der Waals surface area contributed by atoms with Gasteiger partial charge in [0, 0.05) is 11.7 Å². The average molecular weight is 205 g/mol. The van der Waals surface area contributed by atoms with Crippen molar-refractivity contribution in [3.8, 4) is 0 Å². The van der Waals surface area contributed by atoms with E-state index in [9.17, 15) is 4.79 Å². The van der Waals surface area contributed by atoms with Gasteiger partial charge in [0.15, 0.2) is 0 Å². The predicted octanol–water partition coefficient (Wildman–Crippen LogP) is 0.792. The van der Waals surface area contributed by atoms with Crippen molar-refractivity contribution < 1.29 is 4.79 Å². The number of anilines is 1. The van der Waals surface area contributed by atoms with Crippen molar-refractivity contribution in [1.29, 1.82) is 0 Å². The summed E-state index contributed by atoms with van der Waals surface area (Å²) in [6, 6.07) is 5.71. The maximum Gasteiger partial charge on any atom is 0.250 e. The summed E-state index contributed by atoms with van der Waals surface area (Å²) in [5.41, 5.74) is 13.1. The van der Waals surface area contributed by atoms with Crippen LogP contribution < -0.4 is 16.8 Å². The molecule has 1 aliphatic heterocycles. The van der Waals surface area contributed by atoms with E-state index in [1.165, 1.54) is 0 Å². The van der Waals surface area contributed by atoms with E-state index in [4.69, 9.17) is 11.5 Å². The molecule has 2 rings (SSSR count). The second-order valence-corrected chi connectivity index (χ2v) is 3.82. The van der Waals surface area contributed by atoms with Crippen molar-refractivity contribution in [2.75, 3.05) is 12.3 Å². The van der Waals surface area contributed by atoms with Crippen molar-refractivity contribution in [2.45, 2.75) is 18.9 Å². The number of nitrogens with one attached hydrogen (secondary N) is 1. The SMILES string of the molecule is NC(=O)c1cccc(C2CCCN2)c1N. The molecule has 0 aromatic heterocycles. The quantitative estimate of drug-likeness (QED) is 0.624. The number of rotatable bonds is 2. The predicted molar refractivity (Wildman–Crippen MR) is 59.4 cm³/mol. The van der Waals surface area contributed by atoms with Crippen LogP contribution in [0, 0.1) is 0 Å². The van der Waals surface area contributed by atoms with Crippen LogP contribution in [0.25, 0.3) is 0 Å². The molecule has 5 N–H and O–H groups in total. The van der Waals surface area contributed by atoms with Crippen LogP contribution in [-0.2, 0) is 0 Å². The fourth-order valence-corrected chi connectivity index (χ4v) is 2.05. The number of benzene rings is 1. The Morgan fingerprint density at radius 1 is 1.47 bits per heavy atom. The van der Waals surface area contributed by atoms with E-state index < -0.39 is 5.91 Å². The third kappa shape index (κ3) is 1.80. The van der Waals surface area contributed by atoms with Crippen LogP contribution in [0.5, 0.6) is 0 Å². The van der Waals surface area contributed by atoms with Crippen molar-refractivity contribution in [1.82, 2.24) is 5.32 Å². The molecular weight excluding hydrogens is 190 g/mol. The minimum atomic E-state index is -0.465. The summed E-state index contributed by atoms with van der Waals surface area (Å²) < 4.78 is 0. The zero-order valence-electron chi connectivity index (χ0n) is 8.49. The molecule has 0 saturated carbocycles. The van der Waals surface area contributed by atoms with Crippen molar-refractivity contribution in [2.24, 2.45) is 5.73 Å². The fourth-order valence-electron chi connectivity index (χ4n) is 2.05. The first-order valence-corrected chi connectivity index (χ1v) is 5.11. The summed E-state index contributed by atoms with van der Waals surface area (Å²) in [6.45, 7) is 1.00. The number of nitrogens with two attached hydrogens (primary N) is 2. The average Bonchev–Trinajstić information content (AvgIpc) is 2.70. The van der Waals surface area contributed by atoms with Gasteiger partial charge in [-0.15, -0.1) is 0 Å². The van der Waals surface area contributed by atoms with Crippen LogP contribution in [0.4, 0.5) is 5.69 Å². The van der Waals surface area contributed by atoms with Crippen molar-refractivity contribution in [3.05, 3.63) is 29.3 Å². The number of amides is 1. The molecule has 4 nitrogen and oxygen atoms in total. The minimum Gasteiger partial charge on any atom is -0.398 e. The number of hydrogen-bond donors (Lipinski definition) is 3. The Morgan fingerprint density at radius 2 is 2.27 bits per heavy atom. The van der Waals surface area contributed by atoms with Gasteiger partial charge in [0.05, 0.1) is 5.56 Å². The highest BCUT2D eigenvalue weighted by Crippen LogP contribution is 2.29. The molecular formula is C11H15N3O. The number of primary amides is 1. The Hall–Kier alpha value is -1.55. The third-order valence-electron chi connectivity index (χ3n) is 2.84. The number of carbonyl (C=O) groups is 1. The highest BCUT2D eigenvalue weighted by molar-refractivity contribution is 5.98. The molecule has 0 spiro atoms. The highest BCUT2D eigenvalue weighted by Gasteiger charge is 2.20. The van der Waals surface area contributed by atoms with Gasteiger partial charge in [-0.2, -0.15) is 0 Å². The van der Waals surface area contributed by atoms with Gasteiger partial charge in [-0.05, 0) is 31.0 Å². The molecule has 1 fully saturated rings. The molecule has 80 valence electrons. The van der Waals surface area contributed by atoms with Crippen LogP contribution in [0.1, 0.15) is 34.8 Å². The zero-order chi connectivity index (χ0) is 10.8. The molecule has 1 amide bonds. The first kappa shape index (κ1) is 9.98.